The Morgan fingerprint density at radius 3 is 2.71 bits per heavy atom. The van der Waals surface area contributed by atoms with Gasteiger partial charge in [0.1, 0.15) is 5.82 Å². The number of amides is 2. The van der Waals surface area contributed by atoms with Gasteiger partial charge in [-0.05, 0) is 49.2 Å². The Morgan fingerprint density at radius 1 is 1.25 bits per heavy atom. The number of nitrogens with two attached hydrogens (primary N) is 1. The normalized spacial score (nSPS) is 16.6. The maximum atomic E-state index is 12.1. The molecule has 0 saturated carbocycles. The summed E-state index contributed by atoms with van der Waals surface area (Å²) in [5, 5.41) is 3.57. The lowest BCUT2D eigenvalue weighted by atomic mass is 9.97. The van der Waals surface area contributed by atoms with Gasteiger partial charge in [-0.2, -0.15) is 0 Å². The maximum absolute atomic E-state index is 12.1. The van der Waals surface area contributed by atoms with Gasteiger partial charge in [0.15, 0.2) is 0 Å². The third kappa shape index (κ3) is 5.87. The minimum atomic E-state index is -0.259. The van der Waals surface area contributed by atoms with Crippen molar-refractivity contribution in [3.8, 4) is 0 Å². The topological polar surface area (TPSA) is 88.3 Å². The summed E-state index contributed by atoms with van der Waals surface area (Å²) in [6.45, 7) is 1.44. The Kier molecular flexibility index (Phi) is 7.17. The van der Waals surface area contributed by atoms with Crippen LogP contribution in [0.15, 0.2) is 47.5 Å². The highest BCUT2D eigenvalue weighted by atomic mass is 35.5. The van der Waals surface area contributed by atoms with Gasteiger partial charge in [0.2, 0.25) is 11.8 Å². The first-order valence-electron chi connectivity index (χ1n) is 9.20. The first-order chi connectivity index (χ1) is 13.5. The average molecular weight is 419 g/mol. The summed E-state index contributed by atoms with van der Waals surface area (Å²) in [6, 6.07) is 11.3. The van der Waals surface area contributed by atoms with Crippen molar-refractivity contribution >= 4 is 46.7 Å². The zero-order valence-corrected chi connectivity index (χ0v) is 17.0. The predicted molar refractivity (Wildman–Crippen MR) is 114 cm³/mol. The lowest BCUT2D eigenvalue weighted by Crippen LogP contribution is -2.41. The highest BCUT2D eigenvalue weighted by Crippen LogP contribution is 2.23. The van der Waals surface area contributed by atoms with E-state index in [2.05, 4.69) is 15.2 Å². The second-order valence-electron chi connectivity index (χ2n) is 6.69. The molecule has 1 aromatic carbocycles. The second kappa shape index (κ2) is 9.80. The van der Waals surface area contributed by atoms with Gasteiger partial charge in [0.05, 0.1) is 17.8 Å². The molecule has 148 valence electrons. The van der Waals surface area contributed by atoms with Crippen LogP contribution in [0.2, 0.25) is 5.02 Å². The van der Waals surface area contributed by atoms with E-state index in [4.69, 9.17) is 17.3 Å². The van der Waals surface area contributed by atoms with Crippen LogP contribution in [0.3, 0.4) is 0 Å². The lowest BCUT2D eigenvalue weighted by Gasteiger charge is -2.32. The van der Waals surface area contributed by atoms with Crippen molar-refractivity contribution in [3.63, 3.8) is 0 Å². The van der Waals surface area contributed by atoms with Crippen LogP contribution < -0.4 is 16.0 Å². The van der Waals surface area contributed by atoms with E-state index in [-0.39, 0.29) is 17.7 Å². The minimum Gasteiger partial charge on any atom is -0.369 e. The van der Waals surface area contributed by atoms with Crippen molar-refractivity contribution in [1.29, 1.82) is 0 Å². The minimum absolute atomic E-state index is 0.0530. The van der Waals surface area contributed by atoms with Crippen molar-refractivity contribution in [2.24, 2.45) is 11.7 Å². The molecule has 3 rings (SSSR count). The van der Waals surface area contributed by atoms with Gasteiger partial charge in [0.25, 0.3) is 0 Å². The molecule has 1 saturated heterocycles. The van der Waals surface area contributed by atoms with E-state index in [0.29, 0.717) is 29.4 Å². The van der Waals surface area contributed by atoms with Crippen LogP contribution >= 0.6 is 23.4 Å². The van der Waals surface area contributed by atoms with E-state index >= 15 is 0 Å². The zero-order valence-electron chi connectivity index (χ0n) is 15.4. The standard InChI is InChI=1S/C20H23ClN4O2S/c21-15-3-6-17(7-4-15)28-11-9-19(26)24-16-5-8-18(23-12-16)25-10-1-2-14(13-25)20(22)27/h3-8,12,14H,1-2,9-11,13H2,(H2,22,27)(H,24,26). The van der Waals surface area contributed by atoms with Crippen LogP contribution in [-0.2, 0) is 9.59 Å². The van der Waals surface area contributed by atoms with Gasteiger partial charge in [-0.25, -0.2) is 4.98 Å². The molecule has 1 unspecified atom stereocenters. The molecule has 2 aromatic rings. The number of aromatic nitrogens is 1. The molecule has 0 bridgehead atoms. The van der Waals surface area contributed by atoms with Crippen LogP contribution in [0.25, 0.3) is 0 Å². The Morgan fingerprint density at radius 2 is 2.04 bits per heavy atom. The summed E-state index contributed by atoms with van der Waals surface area (Å²) in [5.41, 5.74) is 6.09. The molecule has 8 heteroatoms. The Labute approximate surface area is 173 Å². The Bertz CT molecular complexity index is 814. The Hall–Kier alpha value is -2.25. The van der Waals surface area contributed by atoms with E-state index in [0.717, 1.165) is 30.1 Å². The zero-order chi connectivity index (χ0) is 19.9. The first kappa shape index (κ1) is 20.5. The number of hydrogen-bond acceptors (Lipinski definition) is 5. The molecule has 0 spiro atoms. The number of nitrogens with one attached hydrogen (secondary N) is 1. The molecule has 3 N–H and O–H groups in total. The smallest absolute Gasteiger partial charge is 0.225 e. The SMILES string of the molecule is NC(=O)C1CCCN(c2ccc(NC(=O)CCSc3ccc(Cl)cc3)cn2)C1. The van der Waals surface area contributed by atoms with Crippen molar-refractivity contribution in [2.45, 2.75) is 24.2 Å². The molecule has 1 aliphatic rings. The Balaban J connectivity index is 1.46. The van der Waals surface area contributed by atoms with E-state index < -0.39 is 0 Å². The van der Waals surface area contributed by atoms with Crippen LogP contribution in [0.5, 0.6) is 0 Å². The van der Waals surface area contributed by atoms with Crippen molar-refractivity contribution in [3.05, 3.63) is 47.6 Å². The molecule has 1 aromatic heterocycles. The van der Waals surface area contributed by atoms with E-state index in [1.807, 2.05) is 36.4 Å². The molecule has 0 aliphatic carbocycles. The average Bonchev–Trinajstić information content (AvgIpc) is 2.70. The summed E-state index contributed by atoms with van der Waals surface area (Å²) in [6.07, 6.45) is 3.79. The maximum Gasteiger partial charge on any atom is 0.225 e. The number of anilines is 2. The van der Waals surface area contributed by atoms with Gasteiger partial charge < -0.3 is 16.0 Å². The van der Waals surface area contributed by atoms with Gasteiger partial charge in [-0.3, -0.25) is 9.59 Å². The number of piperidine rings is 1. The van der Waals surface area contributed by atoms with E-state index in [1.165, 1.54) is 0 Å². The van der Waals surface area contributed by atoms with Crippen molar-refractivity contribution < 1.29 is 9.59 Å². The third-order valence-electron chi connectivity index (χ3n) is 4.59. The van der Waals surface area contributed by atoms with Crippen LogP contribution in [-0.4, -0.2) is 35.6 Å². The monoisotopic (exact) mass is 418 g/mol. The number of pyridine rings is 1. The predicted octanol–water partition coefficient (Wildman–Crippen LogP) is 3.56. The van der Waals surface area contributed by atoms with Crippen molar-refractivity contribution in [2.75, 3.05) is 29.1 Å². The summed E-state index contributed by atoms with van der Waals surface area (Å²) in [7, 11) is 0. The second-order valence-corrected chi connectivity index (χ2v) is 8.30. The molecule has 0 radical (unpaired) electrons. The highest BCUT2D eigenvalue weighted by Gasteiger charge is 2.24. The number of primary amides is 1. The number of nitrogens with zero attached hydrogens (tertiary/aromatic N) is 2. The largest absolute Gasteiger partial charge is 0.369 e. The quantitative estimate of drug-likeness (QED) is 0.671. The fourth-order valence-electron chi connectivity index (χ4n) is 3.08. The third-order valence-corrected chi connectivity index (χ3v) is 5.86. The van der Waals surface area contributed by atoms with Gasteiger partial charge >= 0.3 is 0 Å². The molecule has 1 atom stereocenters. The molecule has 6 nitrogen and oxygen atoms in total. The number of benzene rings is 1. The molecular formula is C20H23ClN4O2S. The molecule has 2 heterocycles. The first-order valence-corrected chi connectivity index (χ1v) is 10.6. The van der Waals surface area contributed by atoms with Crippen LogP contribution in [0, 0.1) is 5.92 Å². The fourth-order valence-corrected chi connectivity index (χ4v) is 4.06. The molecule has 28 heavy (non-hydrogen) atoms. The molecular weight excluding hydrogens is 396 g/mol. The van der Waals surface area contributed by atoms with Gasteiger partial charge in [0, 0.05) is 35.2 Å². The summed E-state index contributed by atoms with van der Waals surface area (Å²) in [4.78, 5) is 31.1. The van der Waals surface area contributed by atoms with Crippen LogP contribution in [0.4, 0.5) is 11.5 Å². The van der Waals surface area contributed by atoms with E-state index in [9.17, 15) is 9.59 Å². The fraction of sp³-hybridized carbons (Fsp3) is 0.350. The highest BCUT2D eigenvalue weighted by molar-refractivity contribution is 7.99. The van der Waals surface area contributed by atoms with Gasteiger partial charge in [-0.1, -0.05) is 11.6 Å². The number of thioether (sulfide) groups is 1. The number of carbonyl (C=O) groups excluding carboxylic acids is 2. The number of carbonyl (C=O) groups is 2. The molecule has 2 amide bonds. The van der Waals surface area contributed by atoms with Crippen molar-refractivity contribution in [1.82, 2.24) is 4.98 Å². The summed E-state index contributed by atoms with van der Waals surface area (Å²) in [5.74, 6) is 1.03. The summed E-state index contributed by atoms with van der Waals surface area (Å²) < 4.78 is 0. The molecule has 1 aliphatic heterocycles. The number of rotatable bonds is 7. The number of hydrogen-bond donors (Lipinski definition) is 2. The lowest BCUT2D eigenvalue weighted by molar-refractivity contribution is -0.122. The van der Waals surface area contributed by atoms with Crippen LogP contribution in [0.1, 0.15) is 19.3 Å². The number of halogens is 1. The summed E-state index contributed by atoms with van der Waals surface area (Å²) >= 11 is 7.48. The van der Waals surface area contributed by atoms with E-state index in [1.54, 1.807) is 18.0 Å². The molecule has 1 fully saturated rings. The van der Waals surface area contributed by atoms with Gasteiger partial charge in [-0.15, -0.1) is 11.8 Å².